The van der Waals surface area contributed by atoms with Crippen LogP contribution >= 0.6 is 0 Å². The van der Waals surface area contributed by atoms with Gasteiger partial charge in [-0.3, -0.25) is 5.32 Å². The molecule has 1 amide bonds. The summed E-state index contributed by atoms with van der Waals surface area (Å²) in [5.74, 6) is 0. The summed E-state index contributed by atoms with van der Waals surface area (Å²) >= 11 is 0. The van der Waals surface area contributed by atoms with Crippen molar-refractivity contribution in [1.82, 2.24) is 0 Å². The highest BCUT2D eigenvalue weighted by atomic mass is 28.4. The standard InChI is InChI=1S/C15H25NO3Si/c1-15(2,3)20(4,5)19-11-10-12-6-8-13(9-7-12)16-14(17)18/h6-9,16H,10-11H2,1-5H3,(H,17,18). The number of hydrogen-bond acceptors (Lipinski definition) is 2. The number of benzene rings is 1. The summed E-state index contributed by atoms with van der Waals surface area (Å²) in [4.78, 5) is 10.5. The molecule has 20 heavy (non-hydrogen) atoms. The van der Waals surface area contributed by atoms with Crippen molar-refractivity contribution in [3.63, 3.8) is 0 Å². The Bertz CT molecular complexity index is 449. The van der Waals surface area contributed by atoms with Crippen LogP contribution in [-0.2, 0) is 10.8 Å². The van der Waals surface area contributed by atoms with Crippen LogP contribution in [0.25, 0.3) is 0 Å². The molecule has 0 atom stereocenters. The first kappa shape index (κ1) is 16.7. The van der Waals surface area contributed by atoms with Crippen LogP contribution in [0, 0.1) is 0 Å². The number of anilines is 1. The van der Waals surface area contributed by atoms with Gasteiger partial charge in [0.15, 0.2) is 8.32 Å². The van der Waals surface area contributed by atoms with E-state index in [2.05, 4.69) is 39.2 Å². The number of nitrogens with one attached hydrogen (secondary N) is 1. The molecule has 0 unspecified atom stereocenters. The number of rotatable bonds is 5. The lowest BCUT2D eigenvalue weighted by molar-refractivity contribution is 0.209. The Hall–Kier alpha value is -1.33. The molecule has 0 fully saturated rings. The third-order valence-electron chi connectivity index (χ3n) is 3.87. The molecule has 0 saturated carbocycles. The van der Waals surface area contributed by atoms with Gasteiger partial charge < -0.3 is 9.53 Å². The molecule has 1 aromatic carbocycles. The van der Waals surface area contributed by atoms with Crippen LogP contribution in [-0.4, -0.2) is 26.1 Å². The third-order valence-corrected chi connectivity index (χ3v) is 8.40. The molecule has 0 spiro atoms. The summed E-state index contributed by atoms with van der Waals surface area (Å²) < 4.78 is 6.12. The summed E-state index contributed by atoms with van der Waals surface area (Å²) in [6, 6.07) is 7.41. The van der Waals surface area contributed by atoms with E-state index < -0.39 is 14.4 Å². The first-order chi connectivity index (χ1) is 9.12. The second-order valence-corrected chi connectivity index (χ2v) is 11.3. The van der Waals surface area contributed by atoms with Gasteiger partial charge >= 0.3 is 6.09 Å². The first-order valence-corrected chi connectivity index (χ1v) is 9.75. The van der Waals surface area contributed by atoms with Crippen LogP contribution in [0.15, 0.2) is 24.3 Å². The third kappa shape index (κ3) is 4.98. The van der Waals surface area contributed by atoms with Crippen LogP contribution in [0.1, 0.15) is 26.3 Å². The Morgan fingerprint density at radius 3 is 2.25 bits per heavy atom. The Labute approximate surface area is 122 Å². The summed E-state index contributed by atoms with van der Waals surface area (Å²) in [5.41, 5.74) is 1.74. The number of amides is 1. The van der Waals surface area contributed by atoms with Crippen LogP contribution in [0.3, 0.4) is 0 Å². The fourth-order valence-electron chi connectivity index (χ4n) is 1.52. The molecular formula is C15H25NO3Si. The van der Waals surface area contributed by atoms with Crippen molar-refractivity contribution in [2.24, 2.45) is 0 Å². The van der Waals surface area contributed by atoms with Crippen molar-refractivity contribution in [3.05, 3.63) is 29.8 Å². The molecule has 0 aromatic heterocycles. The zero-order valence-corrected chi connectivity index (χ0v) is 14.0. The summed E-state index contributed by atoms with van der Waals surface area (Å²) in [5, 5.41) is 11.2. The lowest BCUT2D eigenvalue weighted by Gasteiger charge is -2.36. The van der Waals surface area contributed by atoms with Crippen molar-refractivity contribution < 1.29 is 14.3 Å². The molecule has 0 aliphatic carbocycles. The van der Waals surface area contributed by atoms with Crippen molar-refractivity contribution in [2.45, 2.75) is 45.3 Å². The van der Waals surface area contributed by atoms with Gasteiger partial charge in [-0.15, -0.1) is 0 Å². The Morgan fingerprint density at radius 2 is 1.80 bits per heavy atom. The minimum Gasteiger partial charge on any atom is -0.465 e. The van der Waals surface area contributed by atoms with E-state index in [1.807, 2.05) is 12.1 Å². The van der Waals surface area contributed by atoms with E-state index in [1.54, 1.807) is 12.1 Å². The van der Waals surface area contributed by atoms with Crippen molar-refractivity contribution in [1.29, 1.82) is 0 Å². The first-order valence-electron chi connectivity index (χ1n) is 6.85. The van der Waals surface area contributed by atoms with E-state index in [1.165, 1.54) is 0 Å². The number of carbonyl (C=O) groups is 1. The number of carboxylic acid groups (broad SMARTS) is 1. The van der Waals surface area contributed by atoms with Gasteiger partial charge in [0.25, 0.3) is 0 Å². The molecule has 0 heterocycles. The Morgan fingerprint density at radius 1 is 1.25 bits per heavy atom. The zero-order valence-electron chi connectivity index (χ0n) is 13.0. The SMILES string of the molecule is CC(C)(C)[Si](C)(C)OCCc1ccc(NC(=O)O)cc1. The second-order valence-electron chi connectivity index (χ2n) is 6.49. The lowest BCUT2D eigenvalue weighted by Crippen LogP contribution is -2.41. The maximum absolute atomic E-state index is 10.5. The molecule has 2 N–H and O–H groups in total. The molecule has 0 aliphatic rings. The predicted molar refractivity (Wildman–Crippen MR) is 84.9 cm³/mol. The van der Waals surface area contributed by atoms with Gasteiger partial charge in [-0.1, -0.05) is 32.9 Å². The van der Waals surface area contributed by atoms with Crippen LogP contribution in [0.4, 0.5) is 10.5 Å². The number of hydrogen-bond donors (Lipinski definition) is 2. The minimum absolute atomic E-state index is 0.224. The highest BCUT2D eigenvalue weighted by Gasteiger charge is 2.36. The zero-order chi connectivity index (χ0) is 15.4. The smallest absolute Gasteiger partial charge is 0.409 e. The molecule has 0 saturated heterocycles. The predicted octanol–water partition coefficient (Wildman–Crippen LogP) is 4.34. The fraction of sp³-hybridized carbons (Fsp3) is 0.533. The van der Waals surface area contributed by atoms with Crippen molar-refractivity contribution in [2.75, 3.05) is 11.9 Å². The Kier molecular flexibility index (Phi) is 5.36. The fourth-order valence-corrected chi connectivity index (χ4v) is 2.56. The van der Waals surface area contributed by atoms with Crippen LogP contribution in [0.2, 0.25) is 18.1 Å². The molecule has 0 bridgehead atoms. The lowest BCUT2D eigenvalue weighted by atomic mass is 10.1. The van der Waals surface area contributed by atoms with Gasteiger partial charge in [-0.25, -0.2) is 4.79 Å². The summed E-state index contributed by atoms with van der Waals surface area (Å²) in [7, 11) is -1.68. The Balaban J connectivity index is 2.49. The maximum Gasteiger partial charge on any atom is 0.409 e. The molecule has 0 radical (unpaired) electrons. The van der Waals surface area contributed by atoms with E-state index in [-0.39, 0.29) is 5.04 Å². The van der Waals surface area contributed by atoms with Crippen molar-refractivity contribution in [3.8, 4) is 0 Å². The second kappa shape index (κ2) is 6.41. The maximum atomic E-state index is 10.5. The van der Waals surface area contributed by atoms with Gasteiger partial charge in [-0.05, 0) is 42.2 Å². The normalized spacial score (nSPS) is 12.2. The average Bonchev–Trinajstić information content (AvgIpc) is 2.29. The van der Waals surface area contributed by atoms with Crippen LogP contribution in [0.5, 0.6) is 0 Å². The van der Waals surface area contributed by atoms with Gasteiger partial charge in [0.2, 0.25) is 0 Å². The molecular weight excluding hydrogens is 270 g/mol. The largest absolute Gasteiger partial charge is 0.465 e. The van der Waals surface area contributed by atoms with Gasteiger partial charge in [0.05, 0.1) is 0 Å². The van der Waals surface area contributed by atoms with E-state index in [9.17, 15) is 4.79 Å². The van der Waals surface area contributed by atoms with Crippen molar-refractivity contribution >= 4 is 20.1 Å². The molecule has 1 rings (SSSR count). The van der Waals surface area contributed by atoms with Gasteiger partial charge in [0, 0.05) is 12.3 Å². The highest BCUT2D eigenvalue weighted by molar-refractivity contribution is 6.74. The summed E-state index contributed by atoms with van der Waals surface area (Å²) in [6.45, 7) is 11.9. The molecule has 5 heteroatoms. The summed E-state index contributed by atoms with van der Waals surface area (Å²) in [6.07, 6.45) is -0.195. The molecule has 0 aliphatic heterocycles. The van der Waals surface area contributed by atoms with Crippen LogP contribution < -0.4 is 5.32 Å². The van der Waals surface area contributed by atoms with E-state index in [0.717, 1.165) is 12.0 Å². The molecule has 112 valence electrons. The monoisotopic (exact) mass is 295 g/mol. The van der Waals surface area contributed by atoms with E-state index in [0.29, 0.717) is 12.3 Å². The average molecular weight is 295 g/mol. The molecule has 1 aromatic rings. The molecule has 4 nitrogen and oxygen atoms in total. The van der Waals surface area contributed by atoms with E-state index >= 15 is 0 Å². The topological polar surface area (TPSA) is 58.6 Å². The quantitative estimate of drug-likeness (QED) is 0.794. The highest BCUT2D eigenvalue weighted by Crippen LogP contribution is 2.36. The van der Waals surface area contributed by atoms with Gasteiger partial charge in [0.1, 0.15) is 0 Å². The van der Waals surface area contributed by atoms with Gasteiger partial charge in [-0.2, -0.15) is 0 Å². The van der Waals surface area contributed by atoms with E-state index in [4.69, 9.17) is 9.53 Å². The minimum atomic E-state index is -1.68.